The molecule has 0 amide bonds. The zero-order chi connectivity index (χ0) is 13.4. The van der Waals surface area contributed by atoms with Crippen LogP contribution in [0.3, 0.4) is 0 Å². The second-order valence-corrected chi connectivity index (χ2v) is 4.62. The first-order chi connectivity index (χ1) is 8.61. The summed E-state index contributed by atoms with van der Waals surface area (Å²) in [5.74, 6) is 1.11. The van der Waals surface area contributed by atoms with E-state index >= 15 is 0 Å². The van der Waals surface area contributed by atoms with Crippen molar-refractivity contribution in [2.45, 2.75) is 26.8 Å². The van der Waals surface area contributed by atoms with Gasteiger partial charge in [-0.15, -0.1) is 24.0 Å². The van der Waals surface area contributed by atoms with Gasteiger partial charge in [-0.25, -0.2) is 4.99 Å². The van der Waals surface area contributed by atoms with Gasteiger partial charge in [-0.05, 0) is 30.0 Å². The van der Waals surface area contributed by atoms with Gasteiger partial charge in [-0.3, -0.25) is 0 Å². The molecule has 0 unspecified atom stereocenters. The highest BCUT2D eigenvalue weighted by molar-refractivity contribution is 14.0. The van der Waals surface area contributed by atoms with Crippen LogP contribution in [-0.2, 0) is 6.54 Å². The third-order valence-corrected chi connectivity index (χ3v) is 2.52. The number of aliphatic imine (C=N–C) groups is 1. The number of hydrogen-bond donors (Lipinski definition) is 2. The Balaban J connectivity index is 0.00000324. The summed E-state index contributed by atoms with van der Waals surface area (Å²) in [4.78, 5) is 4.24. The zero-order valence-electron chi connectivity index (χ0n) is 11.4. The lowest BCUT2D eigenvalue weighted by atomic mass is 10.1. The van der Waals surface area contributed by atoms with Crippen molar-refractivity contribution in [1.82, 2.24) is 5.32 Å². The molecule has 0 aromatic heterocycles. The van der Waals surface area contributed by atoms with Crippen molar-refractivity contribution in [2.75, 3.05) is 6.54 Å². The number of nitriles is 1. The lowest BCUT2D eigenvalue weighted by Crippen LogP contribution is -2.32. The van der Waals surface area contributed by atoms with Crippen LogP contribution in [0, 0.1) is 17.2 Å². The van der Waals surface area contributed by atoms with Gasteiger partial charge in [-0.1, -0.05) is 26.0 Å². The fourth-order valence-corrected chi connectivity index (χ4v) is 1.46. The van der Waals surface area contributed by atoms with E-state index in [0.29, 0.717) is 24.0 Å². The third kappa shape index (κ3) is 7.67. The minimum Gasteiger partial charge on any atom is -0.370 e. The Labute approximate surface area is 132 Å². The highest BCUT2D eigenvalue weighted by Crippen LogP contribution is 2.05. The van der Waals surface area contributed by atoms with Gasteiger partial charge >= 0.3 is 0 Å². The maximum Gasteiger partial charge on any atom is 0.188 e. The first-order valence-electron chi connectivity index (χ1n) is 6.14. The van der Waals surface area contributed by atoms with E-state index in [0.717, 1.165) is 18.5 Å². The number of halogens is 1. The molecule has 1 aromatic rings. The number of nitrogens with zero attached hydrogens (tertiary/aromatic N) is 2. The number of nitrogens with one attached hydrogen (secondary N) is 1. The highest BCUT2D eigenvalue weighted by atomic mass is 127. The molecule has 104 valence electrons. The maximum absolute atomic E-state index is 8.78. The summed E-state index contributed by atoms with van der Waals surface area (Å²) in [5.41, 5.74) is 7.39. The number of guanidine groups is 1. The topological polar surface area (TPSA) is 74.2 Å². The van der Waals surface area contributed by atoms with Gasteiger partial charge in [0, 0.05) is 6.54 Å². The molecule has 5 heteroatoms. The van der Waals surface area contributed by atoms with E-state index in [1.807, 2.05) is 18.2 Å². The molecule has 0 saturated heterocycles. The van der Waals surface area contributed by atoms with Crippen LogP contribution in [0.25, 0.3) is 0 Å². The van der Waals surface area contributed by atoms with Crippen molar-refractivity contribution < 1.29 is 0 Å². The zero-order valence-corrected chi connectivity index (χ0v) is 13.7. The van der Waals surface area contributed by atoms with Crippen molar-refractivity contribution in [3.63, 3.8) is 0 Å². The molecule has 0 heterocycles. The quantitative estimate of drug-likeness (QED) is 0.474. The van der Waals surface area contributed by atoms with Gasteiger partial charge in [0.05, 0.1) is 18.2 Å². The Kier molecular flexibility index (Phi) is 8.96. The summed E-state index contributed by atoms with van der Waals surface area (Å²) < 4.78 is 0. The largest absolute Gasteiger partial charge is 0.370 e. The van der Waals surface area contributed by atoms with Crippen LogP contribution in [0.4, 0.5) is 0 Å². The van der Waals surface area contributed by atoms with Crippen LogP contribution < -0.4 is 11.1 Å². The minimum atomic E-state index is 0. The molecule has 0 aliphatic carbocycles. The average Bonchev–Trinajstić information content (AvgIpc) is 2.36. The van der Waals surface area contributed by atoms with Gasteiger partial charge in [0.2, 0.25) is 0 Å². The number of benzene rings is 1. The first kappa shape index (κ1) is 17.7. The predicted molar refractivity (Wildman–Crippen MR) is 89.4 cm³/mol. The summed E-state index contributed by atoms with van der Waals surface area (Å²) in [7, 11) is 0. The van der Waals surface area contributed by atoms with Gasteiger partial charge in [-0.2, -0.15) is 5.26 Å². The van der Waals surface area contributed by atoms with Crippen molar-refractivity contribution in [1.29, 1.82) is 5.26 Å². The molecule has 0 aliphatic heterocycles. The van der Waals surface area contributed by atoms with Crippen molar-refractivity contribution in [3.05, 3.63) is 35.4 Å². The van der Waals surface area contributed by atoms with E-state index in [1.165, 1.54) is 0 Å². The van der Waals surface area contributed by atoms with Crippen molar-refractivity contribution in [2.24, 2.45) is 16.6 Å². The van der Waals surface area contributed by atoms with E-state index in [1.54, 1.807) is 6.07 Å². The van der Waals surface area contributed by atoms with Crippen LogP contribution >= 0.6 is 24.0 Å². The monoisotopic (exact) mass is 372 g/mol. The molecule has 1 rings (SSSR count). The molecule has 0 radical (unpaired) electrons. The van der Waals surface area contributed by atoms with Gasteiger partial charge in [0.15, 0.2) is 5.96 Å². The molecule has 3 N–H and O–H groups in total. The normalized spacial score (nSPS) is 10.7. The smallest absolute Gasteiger partial charge is 0.188 e. The summed E-state index contributed by atoms with van der Waals surface area (Å²) in [6.07, 6.45) is 1.07. The maximum atomic E-state index is 8.78. The van der Waals surface area contributed by atoms with Crippen LogP contribution in [0.5, 0.6) is 0 Å². The number of hydrogen-bond acceptors (Lipinski definition) is 2. The van der Waals surface area contributed by atoms with Crippen molar-refractivity contribution >= 4 is 29.9 Å². The summed E-state index contributed by atoms with van der Waals surface area (Å²) in [6.45, 7) is 5.67. The number of nitrogens with two attached hydrogens (primary N) is 1. The molecule has 0 aliphatic rings. The second-order valence-electron chi connectivity index (χ2n) is 4.62. The van der Waals surface area contributed by atoms with Gasteiger partial charge in [0.25, 0.3) is 0 Å². The Bertz CT molecular complexity index is 449. The molecule has 0 fully saturated rings. The lowest BCUT2D eigenvalue weighted by Gasteiger charge is -2.07. The standard InChI is InChI=1S/C14H20N4.HI/c1-11(2)6-7-17-14(16)18-10-13-5-3-4-12(8-13)9-15;/h3-5,8,11H,6-7,10H2,1-2H3,(H3,16,17,18);1H. The molecular formula is C14H21IN4. The summed E-state index contributed by atoms with van der Waals surface area (Å²) >= 11 is 0. The Morgan fingerprint density at radius 1 is 1.47 bits per heavy atom. The molecule has 4 nitrogen and oxygen atoms in total. The van der Waals surface area contributed by atoms with E-state index in [2.05, 4.69) is 30.2 Å². The van der Waals surface area contributed by atoms with Crippen LogP contribution in [-0.4, -0.2) is 12.5 Å². The van der Waals surface area contributed by atoms with Crippen LogP contribution in [0.1, 0.15) is 31.4 Å². The molecule has 0 bridgehead atoms. The second kappa shape index (κ2) is 9.62. The average molecular weight is 372 g/mol. The molecule has 19 heavy (non-hydrogen) atoms. The fourth-order valence-electron chi connectivity index (χ4n) is 1.46. The molecular weight excluding hydrogens is 351 g/mol. The lowest BCUT2D eigenvalue weighted by molar-refractivity contribution is 0.576. The highest BCUT2D eigenvalue weighted by Gasteiger charge is 1.97. The summed E-state index contributed by atoms with van der Waals surface area (Å²) in [5, 5.41) is 11.9. The minimum absolute atomic E-state index is 0. The Morgan fingerprint density at radius 3 is 2.84 bits per heavy atom. The Hall–Kier alpha value is -1.29. The van der Waals surface area contributed by atoms with E-state index in [-0.39, 0.29) is 24.0 Å². The third-order valence-electron chi connectivity index (χ3n) is 2.52. The van der Waals surface area contributed by atoms with E-state index < -0.39 is 0 Å². The van der Waals surface area contributed by atoms with Gasteiger partial charge < -0.3 is 11.1 Å². The predicted octanol–water partition coefficient (Wildman–Crippen LogP) is 2.63. The molecule has 1 aromatic carbocycles. The first-order valence-corrected chi connectivity index (χ1v) is 6.14. The van der Waals surface area contributed by atoms with E-state index in [4.69, 9.17) is 11.0 Å². The van der Waals surface area contributed by atoms with Crippen molar-refractivity contribution in [3.8, 4) is 6.07 Å². The molecule has 0 spiro atoms. The molecule has 0 atom stereocenters. The van der Waals surface area contributed by atoms with Crippen LogP contribution in [0.15, 0.2) is 29.3 Å². The number of rotatable bonds is 5. The summed E-state index contributed by atoms with van der Waals surface area (Å²) in [6, 6.07) is 9.50. The van der Waals surface area contributed by atoms with E-state index in [9.17, 15) is 0 Å². The fraction of sp³-hybridized carbons (Fsp3) is 0.429. The van der Waals surface area contributed by atoms with Crippen LogP contribution in [0.2, 0.25) is 0 Å². The Morgan fingerprint density at radius 2 is 2.21 bits per heavy atom. The molecule has 0 saturated carbocycles. The SMILES string of the molecule is CC(C)CCNC(N)=NCc1cccc(C#N)c1.I. The van der Waals surface area contributed by atoms with Gasteiger partial charge in [0.1, 0.15) is 0 Å².